The number of hydrogen-bond donors (Lipinski definition) is 1. The van der Waals surface area contributed by atoms with Gasteiger partial charge in [0, 0.05) is 57.5 Å². The number of hydrogen-bond acceptors (Lipinski definition) is 5. The number of methoxy groups -OCH3 is 3. The minimum absolute atomic E-state index is 0. The van der Waals surface area contributed by atoms with E-state index in [0.717, 1.165) is 5.56 Å². The van der Waals surface area contributed by atoms with Crippen LogP contribution in [0.2, 0.25) is 0 Å². The van der Waals surface area contributed by atoms with Gasteiger partial charge < -0.3 is 24.4 Å². The summed E-state index contributed by atoms with van der Waals surface area (Å²) < 4.78 is 55.0. The van der Waals surface area contributed by atoms with E-state index in [1.807, 2.05) is 4.90 Å². The summed E-state index contributed by atoms with van der Waals surface area (Å²) in [5, 5.41) is 3.29. The van der Waals surface area contributed by atoms with E-state index in [4.69, 9.17) is 14.2 Å². The van der Waals surface area contributed by atoms with Crippen molar-refractivity contribution < 1.29 is 27.4 Å². The normalized spacial score (nSPS) is 16.4. The third-order valence-corrected chi connectivity index (χ3v) is 5.32. The van der Waals surface area contributed by atoms with Crippen LogP contribution < -0.4 is 19.5 Å². The highest BCUT2D eigenvalue weighted by atomic mass is 127. The average Bonchev–Trinajstić information content (AvgIpc) is 2.75. The second-order valence-corrected chi connectivity index (χ2v) is 6.98. The molecule has 1 atom stereocenters. The molecule has 1 unspecified atom stereocenters. The van der Waals surface area contributed by atoms with Crippen molar-refractivity contribution in [3.05, 3.63) is 17.7 Å². The van der Waals surface area contributed by atoms with Crippen molar-refractivity contribution in [2.75, 3.05) is 61.1 Å². The maximum atomic E-state index is 12.9. The van der Waals surface area contributed by atoms with Crippen LogP contribution >= 0.6 is 24.0 Å². The van der Waals surface area contributed by atoms with Gasteiger partial charge in [0.25, 0.3) is 0 Å². The van der Waals surface area contributed by atoms with E-state index in [1.165, 1.54) is 11.8 Å². The molecule has 2 rings (SSSR count). The number of piperazine rings is 1. The predicted octanol–water partition coefficient (Wildman–Crippen LogP) is 3.02. The van der Waals surface area contributed by atoms with Crippen molar-refractivity contribution in [1.29, 1.82) is 0 Å². The quantitative estimate of drug-likeness (QED) is 0.315. The van der Waals surface area contributed by atoms with Crippen LogP contribution in [0, 0.1) is 0 Å². The molecule has 7 nitrogen and oxygen atoms in total. The molecule has 11 heteroatoms. The number of aliphatic imine (C=N–C) groups is 1. The number of ether oxygens (including phenoxy) is 3. The summed E-state index contributed by atoms with van der Waals surface area (Å²) in [6, 6.07) is 2.16. The molecule has 1 fully saturated rings. The fourth-order valence-corrected chi connectivity index (χ4v) is 3.48. The van der Waals surface area contributed by atoms with Gasteiger partial charge in [0.05, 0.1) is 21.3 Å². The molecule has 0 bridgehead atoms. The third-order valence-electron chi connectivity index (χ3n) is 5.32. The van der Waals surface area contributed by atoms with Crippen molar-refractivity contribution in [3.8, 4) is 17.2 Å². The maximum absolute atomic E-state index is 12.9. The first-order valence-corrected chi connectivity index (χ1v) is 9.80. The summed E-state index contributed by atoms with van der Waals surface area (Å²) in [5.41, 5.74) is 0.896. The van der Waals surface area contributed by atoms with E-state index in [1.54, 1.807) is 40.5 Å². The second-order valence-electron chi connectivity index (χ2n) is 6.98. The number of halogens is 4. The Kier molecular flexibility index (Phi) is 11.0. The zero-order valence-corrected chi connectivity index (χ0v) is 20.9. The van der Waals surface area contributed by atoms with Gasteiger partial charge in [0.2, 0.25) is 0 Å². The fourth-order valence-electron chi connectivity index (χ4n) is 3.48. The fraction of sp³-hybridized carbons (Fsp3) is 0.650. The molecule has 1 aliphatic heterocycles. The van der Waals surface area contributed by atoms with E-state index in [2.05, 4.69) is 10.3 Å². The van der Waals surface area contributed by atoms with Crippen LogP contribution in [0.25, 0.3) is 0 Å². The van der Waals surface area contributed by atoms with Crippen molar-refractivity contribution in [1.82, 2.24) is 15.1 Å². The van der Waals surface area contributed by atoms with E-state index in [9.17, 15) is 13.2 Å². The Morgan fingerprint density at radius 2 is 1.61 bits per heavy atom. The molecule has 1 heterocycles. The molecule has 31 heavy (non-hydrogen) atoms. The van der Waals surface area contributed by atoms with Crippen LogP contribution in [0.3, 0.4) is 0 Å². The van der Waals surface area contributed by atoms with Crippen LogP contribution in [0.1, 0.15) is 12.5 Å². The minimum Gasteiger partial charge on any atom is -0.496 e. The molecule has 178 valence electrons. The molecule has 1 N–H and O–H groups in total. The van der Waals surface area contributed by atoms with E-state index in [0.29, 0.717) is 62.4 Å². The van der Waals surface area contributed by atoms with Crippen LogP contribution in [-0.4, -0.2) is 89.1 Å². The first-order chi connectivity index (χ1) is 14.2. The summed E-state index contributed by atoms with van der Waals surface area (Å²) >= 11 is 0. The van der Waals surface area contributed by atoms with Crippen molar-refractivity contribution in [3.63, 3.8) is 0 Å². The molecule has 0 spiro atoms. The lowest BCUT2D eigenvalue weighted by atomic mass is 10.1. The number of benzene rings is 1. The summed E-state index contributed by atoms with van der Waals surface area (Å²) in [5.74, 6) is 2.64. The Balaban J connectivity index is 0.00000480. The highest BCUT2D eigenvalue weighted by Crippen LogP contribution is 2.34. The Labute approximate surface area is 198 Å². The third kappa shape index (κ3) is 7.19. The summed E-state index contributed by atoms with van der Waals surface area (Å²) in [6.07, 6.45) is -3.60. The predicted molar refractivity (Wildman–Crippen MR) is 125 cm³/mol. The molecule has 0 aliphatic carbocycles. The molecule has 0 amide bonds. The van der Waals surface area contributed by atoms with Crippen LogP contribution in [0.5, 0.6) is 17.2 Å². The van der Waals surface area contributed by atoms with Crippen LogP contribution in [0.4, 0.5) is 13.2 Å². The van der Waals surface area contributed by atoms with Gasteiger partial charge in [-0.15, -0.1) is 24.0 Å². The standard InChI is InChI=1S/C20H31F3N4O3.HI/c1-14(20(21,22)23)26-8-10-27(11-9-26)19(24-2)25-7-6-16-17(29-4)12-15(28-3)13-18(16)30-5;/h12-14H,6-11H2,1-5H3,(H,24,25);1H. The smallest absolute Gasteiger partial charge is 0.403 e. The SMILES string of the molecule is CN=C(NCCc1c(OC)cc(OC)cc1OC)N1CCN(C(C)C(F)(F)F)CC1.I. The van der Waals surface area contributed by atoms with Crippen molar-refractivity contribution in [2.24, 2.45) is 4.99 Å². The van der Waals surface area contributed by atoms with Crippen LogP contribution in [0.15, 0.2) is 17.1 Å². The first-order valence-electron chi connectivity index (χ1n) is 9.80. The van der Waals surface area contributed by atoms with Gasteiger partial charge in [-0.05, 0) is 13.3 Å². The number of rotatable bonds is 7. The van der Waals surface area contributed by atoms with Gasteiger partial charge in [-0.3, -0.25) is 9.89 Å². The molecule has 0 aromatic heterocycles. The monoisotopic (exact) mass is 560 g/mol. The lowest BCUT2D eigenvalue weighted by molar-refractivity contribution is -0.181. The molecule has 0 radical (unpaired) electrons. The van der Waals surface area contributed by atoms with Gasteiger partial charge in [-0.2, -0.15) is 13.2 Å². The lowest BCUT2D eigenvalue weighted by Gasteiger charge is -2.39. The largest absolute Gasteiger partial charge is 0.496 e. The van der Waals surface area contributed by atoms with E-state index >= 15 is 0 Å². The lowest BCUT2D eigenvalue weighted by Crippen LogP contribution is -2.56. The van der Waals surface area contributed by atoms with Gasteiger partial charge in [0.15, 0.2) is 5.96 Å². The Morgan fingerprint density at radius 3 is 2.03 bits per heavy atom. The number of alkyl halides is 3. The van der Waals surface area contributed by atoms with Gasteiger partial charge >= 0.3 is 6.18 Å². The van der Waals surface area contributed by atoms with Gasteiger partial charge in [-0.25, -0.2) is 0 Å². The highest BCUT2D eigenvalue weighted by Gasteiger charge is 2.41. The number of nitrogens with zero attached hydrogens (tertiary/aromatic N) is 3. The zero-order valence-electron chi connectivity index (χ0n) is 18.6. The van der Waals surface area contributed by atoms with Gasteiger partial charge in [0.1, 0.15) is 23.3 Å². The van der Waals surface area contributed by atoms with Crippen molar-refractivity contribution in [2.45, 2.75) is 25.6 Å². The average molecular weight is 560 g/mol. The Morgan fingerprint density at radius 1 is 1.06 bits per heavy atom. The molecule has 1 aliphatic rings. The topological polar surface area (TPSA) is 58.6 Å². The van der Waals surface area contributed by atoms with Crippen molar-refractivity contribution >= 4 is 29.9 Å². The maximum Gasteiger partial charge on any atom is 0.403 e. The van der Waals surface area contributed by atoms with E-state index in [-0.39, 0.29) is 24.0 Å². The molecular formula is C20H32F3IN4O3. The molecule has 1 aromatic carbocycles. The molecule has 0 saturated carbocycles. The van der Waals surface area contributed by atoms with Crippen LogP contribution in [-0.2, 0) is 6.42 Å². The summed E-state index contributed by atoms with van der Waals surface area (Å²) in [6.45, 7) is 3.40. The van der Waals surface area contributed by atoms with Gasteiger partial charge in [-0.1, -0.05) is 0 Å². The summed E-state index contributed by atoms with van der Waals surface area (Å²) in [7, 11) is 6.42. The first kappa shape index (κ1) is 27.4. The number of guanidine groups is 1. The molecule has 1 saturated heterocycles. The molecular weight excluding hydrogens is 528 g/mol. The number of nitrogens with one attached hydrogen (secondary N) is 1. The molecule has 1 aromatic rings. The van der Waals surface area contributed by atoms with E-state index < -0.39 is 12.2 Å². The Hall–Kier alpha value is -1.63. The summed E-state index contributed by atoms with van der Waals surface area (Å²) in [4.78, 5) is 7.71. The second kappa shape index (κ2) is 12.4. The highest BCUT2D eigenvalue weighted by molar-refractivity contribution is 14.0. The minimum atomic E-state index is -4.21. The Bertz CT molecular complexity index is 701. The zero-order chi connectivity index (χ0) is 22.3.